The smallest absolute Gasteiger partial charge is 0.192 e. The summed E-state index contributed by atoms with van der Waals surface area (Å²) in [7, 11) is 0. The van der Waals surface area contributed by atoms with Gasteiger partial charge in [-0.1, -0.05) is 32.6 Å². The predicted octanol–water partition coefficient (Wildman–Crippen LogP) is 1.71. The average Bonchev–Trinajstić information content (AvgIpc) is 2.61. The summed E-state index contributed by atoms with van der Waals surface area (Å²) in [5.41, 5.74) is 6.50. The van der Waals surface area contributed by atoms with Crippen LogP contribution >= 0.6 is 0 Å². The summed E-state index contributed by atoms with van der Waals surface area (Å²) in [5.74, 6) is 1.45. The van der Waals surface area contributed by atoms with Gasteiger partial charge in [0.15, 0.2) is 5.96 Å². The molecule has 4 heteroatoms. The van der Waals surface area contributed by atoms with Crippen molar-refractivity contribution in [1.29, 1.82) is 0 Å². The highest BCUT2D eigenvalue weighted by atomic mass is 15.4. The maximum Gasteiger partial charge on any atom is 0.192 e. The highest BCUT2D eigenvalue weighted by Crippen LogP contribution is 2.39. The van der Waals surface area contributed by atoms with E-state index in [9.17, 15) is 0 Å². The second-order valence-corrected chi connectivity index (χ2v) is 6.65. The van der Waals surface area contributed by atoms with Crippen molar-refractivity contribution < 1.29 is 0 Å². The molecular weight excluding hydrogens is 236 g/mol. The molecule has 0 amide bonds. The van der Waals surface area contributed by atoms with Gasteiger partial charge in [0.1, 0.15) is 0 Å². The van der Waals surface area contributed by atoms with Gasteiger partial charge >= 0.3 is 0 Å². The molecule has 3 N–H and O–H groups in total. The molecule has 2 aliphatic heterocycles. The van der Waals surface area contributed by atoms with Crippen LogP contribution in [-0.2, 0) is 0 Å². The van der Waals surface area contributed by atoms with Crippen molar-refractivity contribution >= 4 is 5.96 Å². The van der Waals surface area contributed by atoms with Gasteiger partial charge < -0.3 is 16.0 Å². The summed E-state index contributed by atoms with van der Waals surface area (Å²) in [6, 6.07) is 0.634. The molecule has 1 saturated heterocycles. The van der Waals surface area contributed by atoms with E-state index in [0.29, 0.717) is 12.0 Å². The third-order valence-corrected chi connectivity index (χ3v) is 5.53. The van der Waals surface area contributed by atoms with Gasteiger partial charge in [-0.2, -0.15) is 0 Å². The molecule has 19 heavy (non-hydrogen) atoms. The van der Waals surface area contributed by atoms with Crippen LogP contribution in [0.3, 0.4) is 0 Å². The molecule has 2 unspecified atom stereocenters. The van der Waals surface area contributed by atoms with E-state index in [-0.39, 0.29) is 5.54 Å². The van der Waals surface area contributed by atoms with Gasteiger partial charge in [-0.15, -0.1) is 0 Å². The van der Waals surface area contributed by atoms with Gasteiger partial charge in [0.25, 0.3) is 0 Å². The van der Waals surface area contributed by atoms with Crippen LogP contribution in [0.25, 0.3) is 0 Å². The fourth-order valence-electron chi connectivity index (χ4n) is 4.32. The van der Waals surface area contributed by atoms with E-state index in [1.807, 2.05) is 0 Å². The summed E-state index contributed by atoms with van der Waals surface area (Å²) < 4.78 is 0. The minimum Gasteiger partial charge on any atom is -0.370 e. The first-order valence-corrected chi connectivity index (χ1v) is 8.04. The lowest BCUT2D eigenvalue weighted by atomic mass is 9.77. The number of nitrogens with zero attached hydrogens (tertiary/aromatic N) is 2. The summed E-state index contributed by atoms with van der Waals surface area (Å²) in [6.45, 7) is 5.49. The molecular formula is C15H28N4. The Morgan fingerprint density at radius 2 is 2.00 bits per heavy atom. The van der Waals surface area contributed by atoms with Crippen molar-refractivity contribution in [2.75, 3.05) is 19.6 Å². The first kappa shape index (κ1) is 13.2. The third kappa shape index (κ3) is 2.24. The Hall–Kier alpha value is -0.770. The molecule has 3 rings (SSSR count). The van der Waals surface area contributed by atoms with Gasteiger partial charge in [0, 0.05) is 12.6 Å². The van der Waals surface area contributed by atoms with E-state index in [2.05, 4.69) is 22.1 Å². The van der Waals surface area contributed by atoms with Crippen LogP contribution in [0.5, 0.6) is 0 Å². The Balaban J connectivity index is 1.84. The van der Waals surface area contributed by atoms with Crippen LogP contribution in [-0.4, -0.2) is 42.1 Å². The number of aliphatic imine (C=N–C) groups is 1. The van der Waals surface area contributed by atoms with Crippen molar-refractivity contribution in [2.24, 2.45) is 16.6 Å². The van der Waals surface area contributed by atoms with E-state index in [1.165, 1.54) is 44.9 Å². The van der Waals surface area contributed by atoms with E-state index < -0.39 is 0 Å². The van der Waals surface area contributed by atoms with Gasteiger partial charge in [0.2, 0.25) is 0 Å². The maximum absolute atomic E-state index is 6.28. The highest BCUT2D eigenvalue weighted by Gasteiger charge is 2.49. The second kappa shape index (κ2) is 5.31. The Kier molecular flexibility index (Phi) is 3.70. The zero-order chi connectivity index (χ0) is 13.3. The quantitative estimate of drug-likeness (QED) is 0.709. The zero-order valence-corrected chi connectivity index (χ0v) is 12.2. The number of hydrogen-bond acceptors (Lipinski definition) is 4. The Bertz CT molecular complexity index is 346. The zero-order valence-electron chi connectivity index (χ0n) is 12.2. The highest BCUT2D eigenvalue weighted by molar-refractivity contribution is 5.81. The minimum absolute atomic E-state index is 0.213. The molecule has 2 atom stereocenters. The molecule has 0 bridgehead atoms. The number of nitrogens with one attached hydrogen (secondary N) is 1. The van der Waals surface area contributed by atoms with Gasteiger partial charge in [0.05, 0.1) is 12.1 Å². The average molecular weight is 264 g/mol. The molecule has 3 aliphatic rings. The van der Waals surface area contributed by atoms with Crippen molar-refractivity contribution in [3.05, 3.63) is 0 Å². The second-order valence-electron chi connectivity index (χ2n) is 6.65. The number of piperidine rings is 1. The lowest BCUT2D eigenvalue weighted by Gasteiger charge is -2.50. The largest absolute Gasteiger partial charge is 0.370 e. The van der Waals surface area contributed by atoms with Crippen molar-refractivity contribution in [3.63, 3.8) is 0 Å². The van der Waals surface area contributed by atoms with Crippen LogP contribution in [0.1, 0.15) is 51.9 Å². The summed E-state index contributed by atoms with van der Waals surface area (Å²) in [5, 5.41) is 3.52. The molecule has 0 aromatic heterocycles. The maximum atomic E-state index is 6.28. The Morgan fingerprint density at radius 1 is 1.26 bits per heavy atom. The van der Waals surface area contributed by atoms with Gasteiger partial charge in [-0.3, -0.25) is 4.99 Å². The number of rotatable bonds is 1. The molecule has 108 valence electrons. The normalized spacial score (nSPS) is 37.4. The van der Waals surface area contributed by atoms with Crippen LogP contribution in [0, 0.1) is 5.92 Å². The fourth-order valence-corrected chi connectivity index (χ4v) is 4.32. The van der Waals surface area contributed by atoms with Gasteiger partial charge in [-0.25, -0.2) is 0 Å². The van der Waals surface area contributed by atoms with Crippen molar-refractivity contribution in [1.82, 2.24) is 10.2 Å². The number of hydrogen-bond donors (Lipinski definition) is 2. The number of nitrogens with two attached hydrogens (primary N) is 1. The van der Waals surface area contributed by atoms with Crippen LogP contribution < -0.4 is 11.1 Å². The standard InChI is InChI=1S/C15H28N4/c1-12-10-17-9-8-15(12)11-18-14(16)19(15)13-6-4-2-3-5-7-13/h12-13,17H,2-11H2,1H3,(H2,16,18). The molecule has 1 saturated carbocycles. The third-order valence-electron chi connectivity index (χ3n) is 5.53. The predicted molar refractivity (Wildman–Crippen MR) is 79.2 cm³/mol. The van der Waals surface area contributed by atoms with E-state index in [4.69, 9.17) is 5.73 Å². The lowest BCUT2D eigenvalue weighted by Crippen LogP contribution is -2.64. The van der Waals surface area contributed by atoms with Crippen molar-refractivity contribution in [3.8, 4) is 0 Å². The lowest BCUT2D eigenvalue weighted by molar-refractivity contribution is 0.0562. The van der Waals surface area contributed by atoms with E-state index in [0.717, 1.165) is 25.6 Å². The molecule has 0 aromatic carbocycles. The topological polar surface area (TPSA) is 53.6 Å². The SMILES string of the molecule is CC1CNCCC12CN=C(N)N2C1CCCCCC1. The molecule has 2 heterocycles. The molecule has 0 radical (unpaired) electrons. The summed E-state index contributed by atoms with van der Waals surface area (Å²) in [4.78, 5) is 7.19. The molecule has 2 fully saturated rings. The molecule has 0 aromatic rings. The molecule has 1 spiro atoms. The molecule has 4 nitrogen and oxygen atoms in total. The van der Waals surface area contributed by atoms with Crippen LogP contribution in [0.15, 0.2) is 4.99 Å². The summed E-state index contributed by atoms with van der Waals surface area (Å²) in [6.07, 6.45) is 9.30. The van der Waals surface area contributed by atoms with Crippen molar-refractivity contribution in [2.45, 2.75) is 63.5 Å². The first-order valence-electron chi connectivity index (χ1n) is 8.04. The Labute approximate surface area is 116 Å². The fraction of sp³-hybridized carbons (Fsp3) is 0.933. The van der Waals surface area contributed by atoms with Crippen LogP contribution in [0.2, 0.25) is 0 Å². The minimum atomic E-state index is 0.213. The molecule has 1 aliphatic carbocycles. The van der Waals surface area contributed by atoms with Gasteiger partial charge in [-0.05, 0) is 31.7 Å². The monoisotopic (exact) mass is 264 g/mol. The van der Waals surface area contributed by atoms with E-state index >= 15 is 0 Å². The van der Waals surface area contributed by atoms with Crippen LogP contribution in [0.4, 0.5) is 0 Å². The number of guanidine groups is 1. The Morgan fingerprint density at radius 3 is 2.68 bits per heavy atom. The van der Waals surface area contributed by atoms with E-state index in [1.54, 1.807) is 0 Å². The first-order chi connectivity index (χ1) is 9.24. The summed E-state index contributed by atoms with van der Waals surface area (Å²) >= 11 is 0.